The molecule has 3 aromatic carbocycles. The molecule has 7 heterocycles. The van der Waals surface area contributed by atoms with E-state index in [4.69, 9.17) is 0 Å². The van der Waals surface area contributed by atoms with Gasteiger partial charge in [0.05, 0.1) is 142 Å². The van der Waals surface area contributed by atoms with Gasteiger partial charge in [0.15, 0.2) is 40.5 Å². The first-order chi connectivity index (χ1) is 68.0. The first kappa shape index (κ1) is 139. The molecule has 42 heteroatoms. The monoisotopic (exact) mass is 2430 g/mol. The van der Waals surface area contributed by atoms with E-state index in [0.29, 0.717) is 23.7 Å². The van der Waals surface area contributed by atoms with Crippen LogP contribution >= 0.6 is 165 Å². The molecular formula is C105H179N7O14S21. The maximum absolute atomic E-state index is 12.9. The van der Waals surface area contributed by atoms with Crippen molar-refractivity contribution < 1.29 is 63.0 Å². The SMILES string of the molecule is CC(=O)C1([C@@H](NS(=O)C(C)(C)C)c2ccc3ccccc3c2)SCCS1.CC(=O)C1([C@H](CC(C)C)NS(=O)C(C)(C)C)SCCS1.CC(=O)C1([C@H](CC(C)C)NS(=O)C(C)(C)C)SCCS1.CC(=O)C1([C@H](CC(C)C)NS(=O)c2ccc(C)cc2)SCCS1.CC(=O)C1([C@H](CC2CC2)NS(=O)C(C)(C)C)SCCS1.CCC[C@H](NS(=O)C(C)(C)C)C1(C(C)=O)SCCS1.CCC[C@H](NS(=O)C(C)(C)C)C1(C(C)=O)SCCS1. The van der Waals surface area contributed by atoms with Gasteiger partial charge in [-0.1, -0.05) is 135 Å². The molecule has 7 N–H and O–H groups in total. The van der Waals surface area contributed by atoms with Crippen LogP contribution in [0.3, 0.4) is 0 Å². The minimum atomic E-state index is -1.31. The van der Waals surface area contributed by atoms with Gasteiger partial charge in [-0.15, -0.1) is 165 Å². The number of fused-ring (bicyclic) bond motifs is 1. The fourth-order valence-electron chi connectivity index (χ4n) is 16.3. The second kappa shape index (κ2) is 62.1. The van der Waals surface area contributed by atoms with Crippen molar-refractivity contribution in [1.29, 1.82) is 0 Å². The van der Waals surface area contributed by atoms with E-state index < -0.39 is 110 Å². The van der Waals surface area contributed by atoms with Gasteiger partial charge in [0.2, 0.25) is 0 Å². The second-order valence-corrected chi connectivity index (χ2v) is 79.0. The number of aryl methyl sites for hydroxylation is 1. The summed E-state index contributed by atoms with van der Waals surface area (Å²) in [5.74, 6) is 17.1. The molecule has 8 fully saturated rings. The van der Waals surface area contributed by atoms with E-state index in [1.165, 1.54) is 12.8 Å². The average Bonchev–Trinajstić information content (AvgIpc) is 1.69. The lowest BCUT2D eigenvalue weighted by atomic mass is 9.98. The van der Waals surface area contributed by atoms with Crippen molar-refractivity contribution in [3.8, 4) is 0 Å². The number of carbonyl (C=O) groups excluding carboxylic acids is 7. The number of Topliss-reactive ketones (excluding diaryl/α,β-unsaturated/α-hetero) is 7. The molecule has 1 saturated carbocycles. The third-order valence-corrected chi connectivity index (χ3v) is 61.7. The lowest BCUT2D eigenvalue weighted by molar-refractivity contribution is -0.118. The number of thioether (sulfide) groups is 14. The van der Waals surface area contributed by atoms with Crippen molar-refractivity contribution in [3.63, 3.8) is 0 Å². The van der Waals surface area contributed by atoms with Gasteiger partial charge in [-0.05, 0) is 277 Å². The van der Waals surface area contributed by atoms with Gasteiger partial charge < -0.3 is 0 Å². The summed E-state index contributed by atoms with van der Waals surface area (Å²) >= 11 is 24.0. The fraction of sp³-hybridized carbons (Fsp3) is 0.781. The molecule has 0 bridgehead atoms. The topological polar surface area (TPSA) is 323 Å². The van der Waals surface area contributed by atoms with Crippen molar-refractivity contribution in [2.45, 2.75) is 404 Å². The Labute approximate surface area is 964 Å². The molecule has 14 atom stereocenters. The molecule has 7 saturated heterocycles. The largest absolute Gasteiger partial charge is 0.297 e. The maximum atomic E-state index is 12.9. The molecule has 3 aromatic rings. The van der Waals surface area contributed by atoms with E-state index in [0.717, 1.165) is 159 Å². The smallest absolute Gasteiger partial charge is 0.157 e. The van der Waals surface area contributed by atoms with Crippen LogP contribution in [0.1, 0.15) is 310 Å². The summed E-state index contributed by atoms with van der Waals surface area (Å²) in [5.41, 5.74) is 2.16. The number of benzene rings is 3. The highest BCUT2D eigenvalue weighted by Crippen LogP contribution is 2.57. The molecular weight excluding hydrogens is 2260 g/mol. The van der Waals surface area contributed by atoms with Gasteiger partial charge in [-0.3, -0.25) is 33.6 Å². The van der Waals surface area contributed by atoms with Crippen LogP contribution in [0.2, 0.25) is 0 Å². The van der Waals surface area contributed by atoms with Crippen LogP contribution in [0, 0.1) is 30.6 Å². The molecule has 7 unspecified atom stereocenters. The number of nitrogens with one attached hydrogen (secondary N) is 7. The van der Waals surface area contributed by atoms with Crippen LogP contribution in [-0.4, -0.2) is 244 Å². The van der Waals surface area contributed by atoms with Gasteiger partial charge in [-0.2, -0.15) is 0 Å². The first-order valence-electron chi connectivity index (χ1n) is 51.3. The van der Waals surface area contributed by atoms with Crippen LogP contribution in [-0.2, 0) is 110 Å². The number of hydrogen-bond acceptors (Lipinski definition) is 28. The van der Waals surface area contributed by atoms with E-state index in [2.05, 4.69) is 119 Å². The Balaban J connectivity index is 0.000000303. The number of rotatable bonds is 42. The molecule has 1 aliphatic carbocycles. The van der Waals surface area contributed by atoms with E-state index in [1.807, 2.05) is 168 Å². The van der Waals surface area contributed by atoms with Crippen molar-refractivity contribution in [2.75, 3.05) is 80.5 Å². The highest BCUT2D eigenvalue weighted by molar-refractivity contribution is 8.25. The summed E-state index contributed by atoms with van der Waals surface area (Å²) in [5, 5.41) is 2.29. The molecule has 7 aliphatic heterocycles. The van der Waals surface area contributed by atoms with Gasteiger partial charge in [0, 0.05) is 80.5 Å². The molecule has 0 spiro atoms. The van der Waals surface area contributed by atoms with Crippen LogP contribution in [0.5, 0.6) is 0 Å². The Hall–Kier alpha value is 1.28. The molecule has 8 aliphatic rings. The van der Waals surface area contributed by atoms with E-state index in [1.54, 1.807) is 213 Å². The molecule has 844 valence electrons. The normalized spacial score (nSPS) is 21.7. The average molecular weight is 2440 g/mol. The standard InChI is InChI=1S/C20H25NO2S3.C17H25NO2S3.C14H25NO2S3.2C14H27NO2S3.2C13H25NO2S3/c1-14(22)20(24-11-12-25-20)18(21-26(23)19(2,3)4)17-10-9-15-7-5-6-8-16(15)13-17;1-12(2)11-16(17(14(4)19)21-9-10-22-17)18-23(20)15-7-5-13(3)6-8-15;1-10(16)14(18-7-8-19-14)12(9-11-5-6-11)15-20(17)13(2,3)4;2*1-10(2)9-12(15-20(17)13(4,5)6)14(11(3)16)18-7-8-19-14;2*1-6-7-11(14-19(16)12(3,4)5)13(10(2)15)17-8-9-18-13/h5-10,13,18,21H,11-12H2,1-4H3;5-8,12,16,18H,9-11H2,1-4H3;11-12,15H,5-9H2,1-4H3;2*10,12,15H,7-9H2,1-6H3;2*11,14H,6-9H2,1-5H3/t18-,26?;16-,23?;3*12-,20?;2*11-,19?/m0000000/s1. The minimum absolute atomic E-state index is 0.0186. The third kappa shape index (κ3) is 41.0. The van der Waals surface area contributed by atoms with Crippen molar-refractivity contribution >= 4 is 293 Å². The molecule has 11 rings (SSSR count). The Bertz CT molecular complexity index is 4660. The van der Waals surface area contributed by atoms with Crippen LogP contribution in [0.15, 0.2) is 71.6 Å². The Morgan fingerprint density at radius 2 is 0.537 bits per heavy atom. The van der Waals surface area contributed by atoms with Crippen molar-refractivity contribution in [1.82, 2.24) is 33.1 Å². The van der Waals surface area contributed by atoms with Crippen LogP contribution in [0.25, 0.3) is 10.8 Å². The Kier molecular flexibility index (Phi) is 58.6. The summed E-state index contributed by atoms with van der Waals surface area (Å²) in [6, 6.07) is 21.6. The van der Waals surface area contributed by atoms with E-state index in [-0.39, 0.29) is 107 Å². The highest BCUT2D eigenvalue weighted by atomic mass is 32.2. The zero-order valence-corrected chi connectivity index (χ0v) is 111. The Morgan fingerprint density at radius 3 is 0.789 bits per heavy atom. The molecule has 0 radical (unpaired) electrons. The fourth-order valence-corrected chi connectivity index (χ4v) is 46.5. The van der Waals surface area contributed by atoms with E-state index >= 15 is 0 Å². The zero-order chi connectivity index (χ0) is 111. The summed E-state index contributed by atoms with van der Waals surface area (Å²) in [6.07, 6.45) is 9.75. The quantitative estimate of drug-likeness (QED) is 0.0277. The van der Waals surface area contributed by atoms with Crippen LogP contribution < -0.4 is 33.1 Å². The molecule has 0 amide bonds. The lowest BCUT2D eigenvalue weighted by Gasteiger charge is -2.36. The van der Waals surface area contributed by atoms with Gasteiger partial charge >= 0.3 is 0 Å². The van der Waals surface area contributed by atoms with Crippen molar-refractivity contribution in [2.24, 2.45) is 23.7 Å². The van der Waals surface area contributed by atoms with Crippen LogP contribution in [0.4, 0.5) is 0 Å². The maximum Gasteiger partial charge on any atom is 0.157 e. The summed E-state index contributed by atoms with van der Waals surface area (Å²) in [7, 11) is -8.27. The van der Waals surface area contributed by atoms with Gasteiger partial charge in [0.1, 0.15) is 39.5 Å². The lowest BCUT2D eigenvalue weighted by Crippen LogP contribution is -2.53. The molecule has 21 nitrogen and oxygen atoms in total. The summed E-state index contributed by atoms with van der Waals surface area (Å²) in [6.45, 7) is 66.0. The molecule has 147 heavy (non-hydrogen) atoms. The first-order valence-corrected chi connectivity index (χ1v) is 73.2. The van der Waals surface area contributed by atoms with Gasteiger partial charge in [0.25, 0.3) is 0 Å². The predicted octanol–water partition coefficient (Wildman–Crippen LogP) is 23.8. The second-order valence-electron chi connectivity index (χ2n) is 45.1. The number of carbonyl (C=O) groups is 7. The predicted molar refractivity (Wildman–Crippen MR) is 670 cm³/mol. The Morgan fingerprint density at radius 1 is 0.306 bits per heavy atom. The minimum Gasteiger partial charge on any atom is -0.297 e. The number of ketones is 7. The number of hydrogen-bond donors (Lipinski definition) is 7. The zero-order valence-electron chi connectivity index (χ0n) is 94.0. The molecule has 0 aromatic heterocycles. The van der Waals surface area contributed by atoms with Crippen molar-refractivity contribution in [3.05, 3.63) is 77.9 Å². The summed E-state index contributed by atoms with van der Waals surface area (Å²) in [4.78, 5) is 86.8. The van der Waals surface area contributed by atoms with Gasteiger partial charge in [-0.25, -0.2) is 62.5 Å². The van der Waals surface area contributed by atoms with E-state index in [9.17, 15) is 63.0 Å². The summed E-state index contributed by atoms with van der Waals surface area (Å²) < 4.78 is 105. The third-order valence-electron chi connectivity index (χ3n) is 24.5. The highest BCUT2D eigenvalue weighted by Gasteiger charge is 2.56.